The molecule has 0 bridgehead atoms. The van der Waals surface area contributed by atoms with Crippen molar-refractivity contribution in [1.82, 2.24) is 5.32 Å². The van der Waals surface area contributed by atoms with Crippen LogP contribution in [0.1, 0.15) is 6.92 Å². The lowest BCUT2D eigenvalue weighted by Gasteiger charge is -2.14. The second kappa shape index (κ2) is 10.5. The maximum Gasteiger partial charge on any atom is 0.344 e. The molecular weight excluding hydrogens is 370 g/mol. The number of benzene rings is 2. The van der Waals surface area contributed by atoms with Crippen molar-refractivity contribution in [3.05, 3.63) is 53.6 Å². The molecular formula is C20H22ClNO5. The van der Waals surface area contributed by atoms with Gasteiger partial charge in [-0.15, -0.1) is 0 Å². The molecule has 0 aromatic heterocycles. The number of carbonyl (C=O) groups is 2. The molecule has 7 heteroatoms. The van der Waals surface area contributed by atoms with Crippen molar-refractivity contribution in [1.29, 1.82) is 0 Å². The number of methoxy groups -OCH3 is 1. The lowest BCUT2D eigenvalue weighted by Crippen LogP contribution is -2.38. The van der Waals surface area contributed by atoms with Gasteiger partial charge in [0, 0.05) is 13.7 Å². The zero-order valence-corrected chi connectivity index (χ0v) is 16.0. The highest BCUT2D eigenvalue weighted by atomic mass is 35.5. The molecule has 0 fully saturated rings. The minimum Gasteiger partial charge on any atom is -0.480 e. The molecule has 1 N–H and O–H groups in total. The molecule has 0 spiro atoms. The van der Waals surface area contributed by atoms with Crippen molar-refractivity contribution in [2.24, 2.45) is 0 Å². The Hall–Kier alpha value is -2.57. The van der Waals surface area contributed by atoms with Crippen LogP contribution in [0.4, 0.5) is 0 Å². The zero-order valence-electron chi connectivity index (χ0n) is 15.2. The SMILES string of the molecule is COCCNC(=O)[C@@H](C)OC(=O)COc1ccc(-c2ccccc2)cc1Cl. The van der Waals surface area contributed by atoms with E-state index in [1.807, 2.05) is 36.4 Å². The van der Waals surface area contributed by atoms with E-state index in [4.69, 9.17) is 25.8 Å². The number of amides is 1. The van der Waals surface area contributed by atoms with Gasteiger partial charge in [0.05, 0.1) is 11.6 Å². The molecule has 0 unspecified atom stereocenters. The Balaban J connectivity index is 1.85. The standard InChI is InChI=1S/C20H22ClNO5/c1-14(20(24)22-10-11-25-2)27-19(23)13-26-18-9-8-16(12-17(18)21)15-6-4-3-5-7-15/h3-9,12,14H,10-11,13H2,1-2H3,(H,22,24)/t14-/m1/s1. The van der Waals surface area contributed by atoms with Crippen LogP contribution in [-0.2, 0) is 19.1 Å². The molecule has 0 aliphatic rings. The smallest absolute Gasteiger partial charge is 0.344 e. The summed E-state index contributed by atoms with van der Waals surface area (Å²) in [6, 6.07) is 15.1. The van der Waals surface area contributed by atoms with Crippen LogP contribution in [-0.4, -0.2) is 44.8 Å². The van der Waals surface area contributed by atoms with Crippen molar-refractivity contribution in [2.45, 2.75) is 13.0 Å². The van der Waals surface area contributed by atoms with E-state index in [2.05, 4.69) is 5.32 Å². The fraction of sp³-hybridized carbons (Fsp3) is 0.300. The molecule has 1 amide bonds. The van der Waals surface area contributed by atoms with Gasteiger partial charge in [0.15, 0.2) is 12.7 Å². The van der Waals surface area contributed by atoms with E-state index >= 15 is 0 Å². The van der Waals surface area contributed by atoms with Crippen LogP contribution in [0.5, 0.6) is 5.75 Å². The Kier molecular flexibility index (Phi) is 8.10. The van der Waals surface area contributed by atoms with Crippen LogP contribution in [0.15, 0.2) is 48.5 Å². The third-order valence-electron chi connectivity index (χ3n) is 3.67. The number of esters is 1. The fourth-order valence-electron chi connectivity index (χ4n) is 2.27. The lowest BCUT2D eigenvalue weighted by molar-refractivity contribution is -0.156. The number of carbonyl (C=O) groups excluding carboxylic acids is 2. The molecule has 0 saturated carbocycles. The average molecular weight is 392 g/mol. The molecule has 0 aliphatic carbocycles. The molecule has 0 heterocycles. The number of rotatable bonds is 9. The molecule has 0 aliphatic heterocycles. The summed E-state index contributed by atoms with van der Waals surface area (Å²) in [6.07, 6.45) is -0.922. The normalized spacial score (nSPS) is 11.5. The first kappa shape index (κ1) is 20.7. The van der Waals surface area contributed by atoms with E-state index in [1.54, 1.807) is 12.1 Å². The van der Waals surface area contributed by atoms with Crippen molar-refractivity contribution in [2.75, 3.05) is 26.9 Å². The van der Waals surface area contributed by atoms with E-state index in [-0.39, 0.29) is 6.61 Å². The molecule has 1 atom stereocenters. The van der Waals surface area contributed by atoms with Crippen molar-refractivity contribution < 1.29 is 23.8 Å². The largest absolute Gasteiger partial charge is 0.480 e. The summed E-state index contributed by atoms with van der Waals surface area (Å²) in [5, 5.41) is 2.97. The van der Waals surface area contributed by atoms with E-state index in [0.717, 1.165) is 11.1 Å². The monoisotopic (exact) mass is 391 g/mol. The Morgan fingerprint density at radius 3 is 2.52 bits per heavy atom. The Morgan fingerprint density at radius 2 is 1.85 bits per heavy atom. The first-order valence-electron chi connectivity index (χ1n) is 8.45. The van der Waals surface area contributed by atoms with Crippen LogP contribution in [0.2, 0.25) is 5.02 Å². The number of halogens is 1. The van der Waals surface area contributed by atoms with Gasteiger partial charge >= 0.3 is 5.97 Å². The number of hydrogen-bond acceptors (Lipinski definition) is 5. The predicted octanol–water partition coefficient (Wildman–Crippen LogP) is 3.08. The van der Waals surface area contributed by atoms with E-state index in [0.29, 0.717) is 23.9 Å². The Morgan fingerprint density at radius 1 is 1.11 bits per heavy atom. The first-order valence-corrected chi connectivity index (χ1v) is 8.83. The minimum absolute atomic E-state index is 0.344. The van der Waals surface area contributed by atoms with E-state index in [9.17, 15) is 9.59 Å². The van der Waals surface area contributed by atoms with Gasteiger partial charge in [-0.25, -0.2) is 4.79 Å². The third-order valence-corrected chi connectivity index (χ3v) is 3.96. The fourth-order valence-corrected chi connectivity index (χ4v) is 2.50. The van der Waals surface area contributed by atoms with Crippen LogP contribution in [0.25, 0.3) is 11.1 Å². The second-order valence-electron chi connectivity index (χ2n) is 5.72. The number of hydrogen-bond donors (Lipinski definition) is 1. The average Bonchev–Trinajstić information content (AvgIpc) is 2.67. The number of nitrogens with one attached hydrogen (secondary N) is 1. The third kappa shape index (κ3) is 6.58. The van der Waals surface area contributed by atoms with Crippen LogP contribution in [0, 0.1) is 0 Å². The van der Waals surface area contributed by atoms with Crippen molar-refractivity contribution in [3.63, 3.8) is 0 Å². The maximum atomic E-state index is 11.9. The molecule has 0 saturated heterocycles. The highest BCUT2D eigenvalue weighted by Crippen LogP contribution is 2.30. The summed E-state index contributed by atoms with van der Waals surface area (Å²) >= 11 is 6.24. The predicted molar refractivity (Wildman–Crippen MR) is 103 cm³/mol. The summed E-state index contributed by atoms with van der Waals surface area (Å²) in [4.78, 5) is 23.6. The molecule has 0 radical (unpaired) electrons. The second-order valence-corrected chi connectivity index (χ2v) is 6.12. The Labute approximate surface area is 163 Å². The van der Waals surface area contributed by atoms with Crippen LogP contribution >= 0.6 is 11.6 Å². The summed E-state index contributed by atoms with van der Waals surface area (Å²) in [5.41, 5.74) is 1.97. The van der Waals surface area contributed by atoms with Crippen LogP contribution in [0.3, 0.4) is 0 Å². The molecule has 27 heavy (non-hydrogen) atoms. The van der Waals surface area contributed by atoms with Crippen molar-refractivity contribution >= 4 is 23.5 Å². The molecule has 2 aromatic rings. The molecule has 144 valence electrons. The zero-order chi connectivity index (χ0) is 19.6. The van der Waals surface area contributed by atoms with Gasteiger partial charge in [0.2, 0.25) is 0 Å². The van der Waals surface area contributed by atoms with E-state index in [1.165, 1.54) is 14.0 Å². The van der Waals surface area contributed by atoms with Gasteiger partial charge in [-0.3, -0.25) is 4.79 Å². The number of ether oxygens (including phenoxy) is 3. The van der Waals surface area contributed by atoms with Gasteiger partial charge < -0.3 is 19.5 Å². The highest BCUT2D eigenvalue weighted by molar-refractivity contribution is 6.32. The molecule has 2 aromatic carbocycles. The maximum absolute atomic E-state index is 11.9. The highest BCUT2D eigenvalue weighted by Gasteiger charge is 2.18. The summed E-state index contributed by atoms with van der Waals surface area (Å²) in [7, 11) is 1.53. The quantitative estimate of drug-likeness (QED) is 0.525. The molecule has 2 rings (SSSR count). The van der Waals surface area contributed by atoms with Gasteiger partial charge in [-0.05, 0) is 30.2 Å². The summed E-state index contributed by atoms with van der Waals surface area (Å²) in [6.45, 7) is 1.87. The lowest BCUT2D eigenvalue weighted by atomic mass is 10.1. The van der Waals surface area contributed by atoms with Crippen molar-refractivity contribution in [3.8, 4) is 16.9 Å². The summed E-state index contributed by atoms with van der Waals surface area (Å²) < 4.78 is 15.3. The summed E-state index contributed by atoms with van der Waals surface area (Å²) in [5.74, 6) is -0.691. The topological polar surface area (TPSA) is 73.9 Å². The van der Waals surface area contributed by atoms with Gasteiger partial charge in [0.25, 0.3) is 5.91 Å². The van der Waals surface area contributed by atoms with Gasteiger partial charge in [0.1, 0.15) is 5.75 Å². The van der Waals surface area contributed by atoms with Crippen LogP contribution < -0.4 is 10.1 Å². The van der Waals surface area contributed by atoms with Gasteiger partial charge in [-0.1, -0.05) is 48.0 Å². The van der Waals surface area contributed by atoms with Gasteiger partial charge in [-0.2, -0.15) is 0 Å². The van der Waals surface area contributed by atoms with E-state index < -0.39 is 18.0 Å². The molecule has 6 nitrogen and oxygen atoms in total. The minimum atomic E-state index is -0.922. The Bertz CT molecular complexity index is 766. The first-order chi connectivity index (χ1) is 13.0.